The van der Waals surface area contributed by atoms with Gasteiger partial charge in [0.25, 0.3) is 0 Å². The molecule has 3 N–H and O–H groups in total. The van der Waals surface area contributed by atoms with Crippen molar-refractivity contribution in [2.75, 3.05) is 20.1 Å². The molecule has 0 bridgehead atoms. The highest BCUT2D eigenvalue weighted by atomic mass is 16.4. The highest BCUT2D eigenvalue weighted by Crippen LogP contribution is 1.96. The minimum Gasteiger partial charge on any atom is -0.409 e. The molecule has 0 aliphatic heterocycles. The van der Waals surface area contributed by atoms with Crippen LogP contribution >= 0.6 is 0 Å². The molecule has 1 heterocycles. The predicted molar refractivity (Wildman–Crippen MR) is 57.8 cm³/mol. The van der Waals surface area contributed by atoms with Crippen LogP contribution in [0.5, 0.6) is 0 Å². The van der Waals surface area contributed by atoms with Gasteiger partial charge in [0.15, 0.2) is 5.84 Å². The minimum absolute atomic E-state index is 0.220. The van der Waals surface area contributed by atoms with E-state index in [0.29, 0.717) is 6.54 Å². The van der Waals surface area contributed by atoms with Crippen molar-refractivity contribution in [3.05, 3.63) is 18.2 Å². The Bertz CT molecular complexity index is 333. The second-order valence-electron chi connectivity index (χ2n) is 3.53. The molecule has 1 rings (SSSR count). The maximum Gasteiger partial charge on any atom is 0.153 e. The van der Waals surface area contributed by atoms with Crippen molar-refractivity contribution in [2.45, 2.75) is 6.42 Å². The molecule has 1 aromatic heterocycles. The van der Waals surface area contributed by atoms with Gasteiger partial charge in [-0.2, -0.15) is 0 Å². The highest BCUT2D eigenvalue weighted by molar-refractivity contribution is 5.81. The van der Waals surface area contributed by atoms with Crippen molar-refractivity contribution in [3.63, 3.8) is 0 Å². The van der Waals surface area contributed by atoms with E-state index in [1.807, 2.05) is 29.8 Å². The summed E-state index contributed by atoms with van der Waals surface area (Å²) in [5.41, 5.74) is 5.39. The second-order valence-corrected chi connectivity index (χ2v) is 3.53. The van der Waals surface area contributed by atoms with Crippen LogP contribution in [-0.2, 0) is 13.5 Å². The Morgan fingerprint density at radius 2 is 2.47 bits per heavy atom. The van der Waals surface area contributed by atoms with Gasteiger partial charge in [0.05, 0.1) is 6.54 Å². The zero-order chi connectivity index (χ0) is 11.3. The van der Waals surface area contributed by atoms with E-state index < -0.39 is 0 Å². The molecule has 0 spiro atoms. The van der Waals surface area contributed by atoms with Crippen LogP contribution in [0.3, 0.4) is 0 Å². The molecule has 0 saturated carbocycles. The fraction of sp³-hybridized carbons (Fsp3) is 0.556. The molecule has 0 radical (unpaired) electrons. The third-order valence-corrected chi connectivity index (χ3v) is 2.20. The maximum absolute atomic E-state index is 8.40. The molecule has 1 aromatic rings. The molecule has 0 atom stereocenters. The predicted octanol–water partition coefficient (Wildman–Crippen LogP) is -0.359. The van der Waals surface area contributed by atoms with E-state index in [1.165, 1.54) is 0 Å². The molecular formula is C9H17N5O. The van der Waals surface area contributed by atoms with Crippen LogP contribution in [0.15, 0.2) is 17.5 Å². The lowest BCUT2D eigenvalue weighted by Gasteiger charge is -2.14. The number of hydrogen-bond acceptors (Lipinski definition) is 4. The topological polar surface area (TPSA) is 79.7 Å². The Labute approximate surface area is 89.0 Å². The van der Waals surface area contributed by atoms with Gasteiger partial charge in [-0.3, -0.25) is 4.90 Å². The number of aryl methyl sites for hydroxylation is 1. The van der Waals surface area contributed by atoms with Crippen molar-refractivity contribution in [1.82, 2.24) is 14.5 Å². The molecule has 0 unspecified atom stereocenters. The number of nitrogens with two attached hydrogens (primary N) is 1. The van der Waals surface area contributed by atoms with Gasteiger partial charge in [0.2, 0.25) is 0 Å². The first-order chi connectivity index (χ1) is 7.13. The van der Waals surface area contributed by atoms with Crippen molar-refractivity contribution >= 4 is 5.84 Å². The molecule has 0 fully saturated rings. The number of imidazole rings is 1. The molecule has 6 heteroatoms. The third-order valence-electron chi connectivity index (χ3n) is 2.20. The zero-order valence-corrected chi connectivity index (χ0v) is 9.09. The minimum atomic E-state index is 0.220. The average Bonchev–Trinajstić information content (AvgIpc) is 2.61. The van der Waals surface area contributed by atoms with Crippen LogP contribution in [-0.4, -0.2) is 45.6 Å². The molecular weight excluding hydrogens is 194 g/mol. The zero-order valence-electron chi connectivity index (χ0n) is 9.09. The quantitative estimate of drug-likeness (QED) is 0.302. The second kappa shape index (κ2) is 5.35. The summed E-state index contributed by atoms with van der Waals surface area (Å²) in [6, 6.07) is 0. The van der Waals surface area contributed by atoms with Gasteiger partial charge < -0.3 is 15.5 Å². The molecule has 0 aliphatic rings. The monoisotopic (exact) mass is 211 g/mol. The van der Waals surface area contributed by atoms with Gasteiger partial charge in [-0.05, 0) is 7.05 Å². The molecule has 0 amide bonds. The van der Waals surface area contributed by atoms with Gasteiger partial charge >= 0.3 is 0 Å². The summed E-state index contributed by atoms with van der Waals surface area (Å²) in [4.78, 5) is 6.19. The number of nitrogens with zero attached hydrogens (tertiary/aromatic N) is 4. The summed E-state index contributed by atoms with van der Waals surface area (Å²) in [5, 5.41) is 11.3. The lowest BCUT2D eigenvalue weighted by atomic mass is 10.3. The Morgan fingerprint density at radius 1 is 1.73 bits per heavy atom. The number of oxime groups is 1. The Kier molecular flexibility index (Phi) is 4.11. The summed E-state index contributed by atoms with van der Waals surface area (Å²) in [6.07, 6.45) is 4.54. The maximum atomic E-state index is 8.40. The molecule has 0 aliphatic carbocycles. The average molecular weight is 211 g/mol. The van der Waals surface area contributed by atoms with Crippen LogP contribution in [0, 0.1) is 0 Å². The highest BCUT2D eigenvalue weighted by Gasteiger charge is 2.04. The lowest BCUT2D eigenvalue weighted by molar-refractivity contribution is 0.309. The molecule has 6 nitrogen and oxygen atoms in total. The van der Waals surface area contributed by atoms with Crippen molar-refractivity contribution < 1.29 is 5.21 Å². The van der Waals surface area contributed by atoms with Crippen molar-refractivity contribution in [1.29, 1.82) is 0 Å². The first kappa shape index (κ1) is 11.5. The van der Waals surface area contributed by atoms with Crippen LogP contribution in [0.4, 0.5) is 0 Å². The van der Waals surface area contributed by atoms with Gasteiger partial charge in [-0.15, -0.1) is 0 Å². The fourth-order valence-corrected chi connectivity index (χ4v) is 1.32. The molecule has 0 saturated heterocycles. The van der Waals surface area contributed by atoms with Crippen LogP contribution in [0.2, 0.25) is 0 Å². The molecule has 84 valence electrons. The summed E-state index contributed by atoms with van der Waals surface area (Å²) in [7, 11) is 3.88. The SMILES string of the molecule is CN(CCc1nccn1C)C/C(N)=N/O. The molecule has 0 aromatic carbocycles. The fourth-order valence-electron chi connectivity index (χ4n) is 1.32. The number of amidine groups is 1. The first-order valence-electron chi connectivity index (χ1n) is 4.74. The standard InChI is InChI=1S/C9H17N5O/c1-13(7-8(10)12-15)5-3-9-11-4-6-14(9)2/h4,6,15H,3,5,7H2,1-2H3,(H2,10,12). The van der Waals surface area contributed by atoms with Gasteiger partial charge in [-0.25, -0.2) is 4.98 Å². The number of likely N-dealkylation sites (N-methyl/N-ethyl adjacent to an activating group) is 1. The van der Waals surface area contributed by atoms with Crippen molar-refractivity contribution in [3.8, 4) is 0 Å². The summed E-state index contributed by atoms with van der Waals surface area (Å²) in [6.45, 7) is 1.28. The third kappa shape index (κ3) is 3.59. The normalized spacial score (nSPS) is 12.3. The number of hydrogen-bond donors (Lipinski definition) is 2. The Balaban J connectivity index is 2.34. The van der Waals surface area contributed by atoms with Crippen LogP contribution < -0.4 is 5.73 Å². The summed E-state index contributed by atoms with van der Waals surface area (Å²) in [5.74, 6) is 1.25. The van der Waals surface area contributed by atoms with E-state index in [2.05, 4.69) is 10.1 Å². The first-order valence-corrected chi connectivity index (χ1v) is 4.74. The van der Waals surface area contributed by atoms with Crippen LogP contribution in [0.25, 0.3) is 0 Å². The molecule has 15 heavy (non-hydrogen) atoms. The van der Waals surface area contributed by atoms with Crippen LogP contribution in [0.1, 0.15) is 5.82 Å². The van der Waals surface area contributed by atoms with E-state index in [-0.39, 0.29) is 5.84 Å². The smallest absolute Gasteiger partial charge is 0.153 e. The van der Waals surface area contributed by atoms with E-state index >= 15 is 0 Å². The van der Waals surface area contributed by atoms with Gasteiger partial charge in [0, 0.05) is 32.4 Å². The summed E-state index contributed by atoms with van der Waals surface area (Å²) < 4.78 is 1.98. The van der Waals surface area contributed by atoms with Crippen molar-refractivity contribution in [2.24, 2.45) is 17.9 Å². The Morgan fingerprint density at radius 3 is 3.00 bits per heavy atom. The lowest BCUT2D eigenvalue weighted by Crippen LogP contribution is -2.32. The number of aromatic nitrogens is 2. The van der Waals surface area contributed by atoms with E-state index in [1.54, 1.807) is 6.20 Å². The van der Waals surface area contributed by atoms with Gasteiger partial charge in [-0.1, -0.05) is 5.16 Å². The largest absolute Gasteiger partial charge is 0.409 e. The Hall–Kier alpha value is -1.56. The van der Waals surface area contributed by atoms with E-state index in [9.17, 15) is 0 Å². The van der Waals surface area contributed by atoms with E-state index in [0.717, 1.165) is 18.8 Å². The van der Waals surface area contributed by atoms with E-state index in [4.69, 9.17) is 10.9 Å². The number of rotatable bonds is 5. The van der Waals surface area contributed by atoms with Gasteiger partial charge in [0.1, 0.15) is 5.82 Å². The summed E-state index contributed by atoms with van der Waals surface area (Å²) >= 11 is 0.